The number of quaternary nitrogens is 1. The van der Waals surface area contributed by atoms with Crippen molar-refractivity contribution in [2.24, 2.45) is 0 Å². The third-order valence-corrected chi connectivity index (χ3v) is 4.73. The van der Waals surface area contributed by atoms with Crippen molar-refractivity contribution >= 4 is 28.9 Å². The Hall–Kier alpha value is -1.56. The van der Waals surface area contributed by atoms with E-state index in [9.17, 15) is 0 Å². The molecule has 0 atom stereocenters. The molecule has 3 rings (SSSR count). The van der Waals surface area contributed by atoms with Crippen LogP contribution in [-0.2, 0) is 13.1 Å². The quantitative estimate of drug-likeness (QED) is 0.822. The van der Waals surface area contributed by atoms with E-state index in [0.717, 1.165) is 48.6 Å². The summed E-state index contributed by atoms with van der Waals surface area (Å²) in [6.45, 7) is 5.76. The molecule has 0 spiro atoms. The average molecular weight is 351 g/mol. The van der Waals surface area contributed by atoms with E-state index in [0.29, 0.717) is 6.54 Å². The molecule has 23 heavy (non-hydrogen) atoms. The Kier molecular flexibility index (Phi) is 5.54. The molecule has 2 N–H and O–H groups in total. The van der Waals surface area contributed by atoms with Crippen LogP contribution in [0.2, 0.25) is 5.02 Å². The largest absolute Gasteiger partial charge is 0.467 e. The SMILES string of the molecule is S=C(NCc1ccco1)N1CC[NH+](Cc2cccc(Cl)c2)CC1. The summed E-state index contributed by atoms with van der Waals surface area (Å²) in [5, 5.41) is 4.88. The van der Waals surface area contributed by atoms with Crippen LogP contribution in [-0.4, -0.2) is 36.2 Å². The predicted molar refractivity (Wildman–Crippen MR) is 95.6 cm³/mol. The first kappa shape index (κ1) is 16.3. The first-order valence-electron chi connectivity index (χ1n) is 7.84. The van der Waals surface area contributed by atoms with Crippen LogP contribution in [0.1, 0.15) is 11.3 Å². The van der Waals surface area contributed by atoms with Crippen molar-refractivity contribution in [1.29, 1.82) is 0 Å². The molecule has 0 unspecified atom stereocenters. The molecule has 1 aliphatic rings. The smallest absolute Gasteiger partial charge is 0.169 e. The van der Waals surface area contributed by atoms with Crippen molar-refractivity contribution in [3.63, 3.8) is 0 Å². The molecule has 0 radical (unpaired) electrons. The summed E-state index contributed by atoms with van der Waals surface area (Å²) in [7, 11) is 0. The van der Waals surface area contributed by atoms with E-state index in [4.69, 9.17) is 28.2 Å². The fourth-order valence-electron chi connectivity index (χ4n) is 2.83. The molecule has 0 bridgehead atoms. The number of nitrogens with one attached hydrogen (secondary N) is 2. The second-order valence-electron chi connectivity index (χ2n) is 5.78. The molecule has 0 saturated carbocycles. The zero-order chi connectivity index (χ0) is 16.1. The standard InChI is InChI=1S/C17H20ClN3OS/c18-15-4-1-3-14(11-15)13-20-6-8-21(9-7-20)17(23)19-12-16-5-2-10-22-16/h1-5,10-11H,6-9,12-13H2,(H,19,23)/p+1. The van der Waals surface area contributed by atoms with Crippen LogP contribution in [0.15, 0.2) is 47.1 Å². The highest BCUT2D eigenvalue weighted by atomic mass is 35.5. The minimum absolute atomic E-state index is 0.640. The summed E-state index contributed by atoms with van der Waals surface area (Å²) in [5.41, 5.74) is 1.29. The van der Waals surface area contributed by atoms with Crippen molar-refractivity contribution in [3.8, 4) is 0 Å². The third kappa shape index (κ3) is 4.70. The van der Waals surface area contributed by atoms with E-state index >= 15 is 0 Å². The molecule has 2 aromatic rings. The van der Waals surface area contributed by atoms with Gasteiger partial charge in [-0.3, -0.25) is 0 Å². The number of hydrogen-bond donors (Lipinski definition) is 2. The van der Waals surface area contributed by atoms with Crippen LogP contribution in [0.25, 0.3) is 0 Å². The summed E-state index contributed by atoms with van der Waals surface area (Å²) in [5.74, 6) is 0.901. The summed E-state index contributed by atoms with van der Waals surface area (Å²) < 4.78 is 5.31. The maximum Gasteiger partial charge on any atom is 0.169 e. The van der Waals surface area contributed by atoms with Gasteiger partial charge in [-0.05, 0) is 36.5 Å². The first-order valence-corrected chi connectivity index (χ1v) is 8.62. The second-order valence-corrected chi connectivity index (χ2v) is 6.60. The molecule has 6 heteroatoms. The highest BCUT2D eigenvalue weighted by Gasteiger charge is 2.21. The fourth-order valence-corrected chi connectivity index (χ4v) is 3.29. The number of rotatable bonds is 4. The molecule has 122 valence electrons. The second kappa shape index (κ2) is 7.81. The summed E-state index contributed by atoms with van der Waals surface area (Å²) in [4.78, 5) is 3.80. The van der Waals surface area contributed by atoms with Crippen LogP contribution < -0.4 is 10.2 Å². The lowest BCUT2D eigenvalue weighted by Crippen LogP contribution is -3.13. The highest BCUT2D eigenvalue weighted by Crippen LogP contribution is 2.09. The van der Waals surface area contributed by atoms with Crippen molar-refractivity contribution in [1.82, 2.24) is 10.2 Å². The van der Waals surface area contributed by atoms with Gasteiger partial charge in [-0.25, -0.2) is 0 Å². The highest BCUT2D eigenvalue weighted by molar-refractivity contribution is 7.80. The van der Waals surface area contributed by atoms with Gasteiger partial charge in [0.2, 0.25) is 0 Å². The first-order chi connectivity index (χ1) is 11.2. The molecule has 2 heterocycles. The van der Waals surface area contributed by atoms with Crippen LogP contribution >= 0.6 is 23.8 Å². The Morgan fingerprint density at radius 3 is 2.78 bits per heavy atom. The van der Waals surface area contributed by atoms with Crippen LogP contribution in [0.5, 0.6) is 0 Å². The maximum absolute atomic E-state index is 6.05. The molecule has 1 aliphatic heterocycles. The number of furan rings is 1. The lowest BCUT2D eigenvalue weighted by Gasteiger charge is -2.33. The number of nitrogens with zero attached hydrogens (tertiary/aromatic N) is 1. The Balaban J connectivity index is 1.43. The maximum atomic E-state index is 6.05. The van der Waals surface area contributed by atoms with Gasteiger partial charge in [-0.1, -0.05) is 23.7 Å². The number of halogens is 1. The molecule has 1 saturated heterocycles. The van der Waals surface area contributed by atoms with Crippen LogP contribution in [0, 0.1) is 0 Å². The topological polar surface area (TPSA) is 32.9 Å². The monoisotopic (exact) mass is 350 g/mol. The summed E-state index contributed by atoms with van der Waals surface area (Å²) >= 11 is 11.5. The van der Waals surface area contributed by atoms with E-state index in [1.54, 1.807) is 11.2 Å². The fraction of sp³-hybridized carbons (Fsp3) is 0.353. The number of thiocarbonyl (C=S) groups is 1. The van der Waals surface area contributed by atoms with E-state index in [1.165, 1.54) is 5.56 Å². The lowest BCUT2D eigenvalue weighted by molar-refractivity contribution is -0.917. The molecule has 1 aromatic carbocycles. The molecule has 4 nitrogen and oxygen atoms in total. The van der Waals surface area contributed by atoms with E-state index in [-0.39, 0.29) is 0 Å². The van der Waals surface area contributed by atoms with Crippen LogP contribution in [0.4, 0.5) is 0 Å². The van der Waals surface area contributed by atoms with Gasteiger partial charge in [-0.15, -0.1) is 0 Å². The Bertz CT molecular complexity index is 639. The van der Waals surface area contributed by atoms with Gasteiger partial charge in [-0.2, -0.15) is 0 Å². The van der Waals surface area contributed by atoms with Crippen molar-refractivity contribution < 1.29 is 9.32 Å². The Morgan fingerprint density at radius 2 is 2.09 bits per heavy atom. The Labute approximate surface area is 147 Å². The van der Waals surface area contributed by atoms with Gasteiger partial charge in [0, 0.05) is 10.6 Å². The van der Waals surface area contributed by atoms with Crippen LogP contribution in [0.3, 0.4) is 0 Å². The van der Waals surface area contributed by atoms with Crippen molar-refractivity contribution in [2.75, 3.05) is 26.2 Å². The predicted octanol–water partition coefficient (Wildman–Crippen LogP) is 1.71. The van der Waals surface area contributed by atoms with E-state index in [2.05, 4.69) is 22.3 Å². The molecule has 0 aliphatic carbocycles. The van der Waals surface area contributed by atoms with Gasteiger partial charge in [0.05, 0.1) is 39.0 Å². The molecular formula is C17H21ClN3OS+. The normalized spacial score (nSPS) is 15.6. The van der Waals surface area contributed by atoms with Gasteiger partial charge in [0.1, 0.15) is 12.3 Å². The zero-order valence-electron chi connectivity index (χ0n) is 12.9. The molecular weight excluding hydrogens is 330 g/mol. The van der Waals surface area contributed by atoms with Gasteiger partial charge < -0.3 is 19.5 Å². The summed E-state index contributed by atoms with van der Waals surface area (Å²) in [6, 6.07) is 12.0. The Morgan fingerprint density at radius 1 is 1.26 bits per heavy atom. The molecule has 1 fully saturated rings. The minimum atomic E-state index is 0.640. The average Bonchev–Trinajstić information content (AvgIpc) is 3.07. The van der Waals surface area contributed by atoms with Gasteiger partial charge in [0.25, 0.3) is 0 Å². The van der Waals surface area contributed by atoms with Crippen molar-refractivity contribution in [2.45, 2.75) is 13.1 Å². The zero-order valence-corrected chi connectivity index (χ0v) is 14.5. The van der Waals surface area contributed by atoms with Gasteiger partial charge in [0.15, 0.2) is 5.11 Å². The summed E-state index contributed by atoms with van der Waals surface area (Å²) in [6.07, 6.45) is 1.68. The number of hydrogen-bond acceptors (Lipinski definition) is 2. The minimum Gasteiger partial charge on any atom is -0.467 e. The van der Waals surface area contributed by atoms with E-state index in [1.807, 2.05) is 24.3 Å². The third-order valence-electron chi connectivity index (χ3n) is 4.09. The van der Waals surface area contributed by atoms with E-state index < -0.39 is 0 Å². The number of benzene rings is 1. The lowest BCUT2D eigenvalue weighted by atomic mass is 10.2. The number of piperazine rings is 1. The molecule has 0 amide bonds. The van der Waals surface area contributed by atoms with Crippen molar-refractivity contribution in [3.05, 3.63) is 59.0 Å². The van der Waals surface area contributed by atoms with Gasteiger partial charge >= 0.3 is 0 Å². The molecule has 1 aromatic heterocycles.